The molecule has 0 unspecified atom stereocenters. The first kappa shape index (κ1) is 14.5. The Morgan fingerprint density at radius 2 is 1.85 bits per heavy atom. The number of rotatable bonds is 2. The molecule has 0 amide bonds. The average molecular weight is 271 g/mol. The lowest BCUT2D eigenvalue weighted by molar-refractivity contribution is 0.00614. The molecular formula is C16H21N3O. The topological polar surface area (TPSA) is 50.8 Å². The molecule has 0 aliphatic carbocycles. The van der Waals surface area contributed by atoms with E-state index in [1.807, 2.05) is 32.0 Å². The van der Waals surface area contributed by atoms with Crippen LogP contribution in [0.15, 0.2) is 18.2 Å². The second-order valence-electron chi connectivity index (χ2n) is 6.47. The van der Waals surface area contributed by atoms with E-state index in [-0.39, 0.29) is 5.54 Å². The number of ether oxygens (including phenoxy) is 1. The molecular weight excluding hydrogens is 250 g/mol. The van der Waals surface area contributed by atoms with E-state index in [0.717, 1.165) is 16.9 Å². The molecule has 0 N–H and O–H groups in total. The van der Waals surface area contributed by atoms with Gasteiger partial charge in [-0.1, -0.05) is 0 Å². The van der Waals surface area contributed by atoms with Gasteiger partial charge >= 0.3 is 0 Å². The van der Waals surface area contributed by atoms with Crippen LogP contribution in [0.25, 0.3) is 11.0 Å². The molecule has 4 heteroatoms. The van der Waals surface area contributed by atoms with Crippen molar-refractivity contribution in [1.82, 2.24) is 9.55 Å². The van der Waals surface area contributed by atoms with Crippen LogP contribution in [0.1, 0.15) is 46.0 Å². The number of fused-ring (bicyclic) bond motifs is 1. The molecule has 0 spiro atoms. The van der Waals surface area contributed by atoms with E-state index in [1.165, 1.54) is 0 Å². The van der Waals surface area contributed by atoms with Crippen LogP contribution in [0.2, 0.25) is 0 Å². The quantitative estimate of drug-likeness (QED) is 0.839. The molecule has 0 fully saturated rings. The van der Waals surface area contributed by atoms with Gasteiger partial charge in [-0.3, -0.25) is 0 Å². The Bertz CT molecular complexity index is 684. The number of methoxy groups -OCH3 is 1. The van der Waals surface area contributed by atoms with Crippen molar-refractivity contribution in [2.75, 3.05) is 7.11 Å². The highest BCUT2D eigenvalue weighted by Gasteiger charge is 2.31. The Morgan fingerprint density at radius 1 is 1.20 bits per heavy atom. The van der Waals surface area contributed by atoms with Crippen molar-refractivity contribution in [2.45, 2.75) is 45.8 Å². The largest absolute Gasteiger partial charge is 0.371 e. The van der Waals surface area contributed by atoms with Gasteiger partial charge in [0.05, 0.1) is 22.7 Å². The number of imidazole rings is 1. The van der Waals surface area contributed by atoms with Crippen LogP contribution in [-0.4, -0.2) is 16.7 Å². The molecule has 0 aliphatic rings. The van der Waals surface area contributed by atoms with Gasteiger partial charge in [0.15, 0.2) is 0 Å². The molecule has 2 rings (SSSR count). The molecule has 20 heavy (non-hydrogen) atoms. The maximum absolute atomic E-state index is 9.03. The van der Waals surface area contributed by atoms with E-state index in [0.29, 0.717) is 5.56 Å². The molecule has 0 bridgehead atoms. The number of hydrogen-bond donors (Lipinski definition) is 0. The minimum atomic E-state index is -0.487. The average Bonchev–Trinajstić information content (AvgIpc) is 2.77. The van der Waals surface area contributed by atoms with Crippen molar-refractivity contribution in [3.05, 3.63) is 29.6 Å². The lowest BCUT2D eigenvalue weighted by Gasteiger charge is -2.30. The summed E-state index contributed by atoms with van der Waals surface area (Å²) in [5.41, 5.74) is 1.88. The van der Waals surface area contributed by atoms with Crippen LogP contribution in [0.3, 0.4) is 0 Å². The minimum absolute atomic E-state index is 0.117. The fourth-order valence-corrected chi connectivity index (χ4v) is 2.32. The van der Waals surface area contributed by atoms with Gasteiger partial charge in [0.25, 0.3) is 0 Å². The van der Waals surface area contributed by atoms with Gasteiger partial charge in [0, 0.05) is 12.6 Å². The Balaban J connectivity index is 2.84. The van der Waals surface area contributed by atoms with Crippen molar-refractivity contribution in [3.63, 3.8) is 0 Å². The first-order valence-electron chi connectivity index (χ1n) is 6.69. The van der Waals surface area contributed by atoms with E-state index in [2.05, 4.69) is 31.4 Å². The third kappa shape index (κ3) is 2.30. The minimum Gasteiger partial charge on any atom is -0.371 e. The van der Waals surface area contributed by atoms with Crippen LogP contribution in [0, 0.1) is 11.3 Å². The molecule has 0 saturated heterocycles. The lowest BCUT2D eigenvalue weighted by Crippen LogP contribution is -2.32. The van der Waals surface area contributed by atoms with Gasteiger partial charge in [-0.05, 0) is 52.8 Å². The van der Waals surface area contributed by atoms with Crippen molar-refractivity contribution in [3.8, 4) is 6.07 Å². The molecule has 0 atom stereocenters. The zero-order chi connectivity index (χ0) is 15.1. The molecule has 1 aromatic heterocycles. The summed E-state index contributed by atoms with van der Waals surface area (Å²) >= 11 is 0. The standard InChI is InChI=1S/C16H21N3O/c1-15(2,3)19-13-8-7-11(10-17)9-12(13)18-14(19)16(4,5)20-6/h7-9H,1-6H3. The third-order valence-corrected chi connectivity index (χ3v) is 3.50. The predicted molar refractivity (Wildman–Crippen MR) is 79.5 cm³/mol. The van der Waals surface area contributed by atoms with Gasteiger partial charge < -0.3 is 9.30 Å². The highest BCUT2D eigenvalue weighted by Crippen LogP contribution is 2.32. The number of benzene rings is 1. The molecule has 106 valence electrons. The highest BCUT2D eigenvalue weighted by molar-refractivity contribution is 5.78. The molecule has 0 aliphatic heterocycles. The normalized spacial score (nSPS) is 12.7. The molecule has 4 nitrogen and oxygen atoms in total. The number of nitrogens with zero attached hydrogens (tertiary/aromatic N) is 3. The van der Waals surface area contributed by atoms with Crippen LogP contribution < -0.4 is 0 Å². The molecule has 0 saturated carbocycles. The smallest absolute Gasteiger partial charge is 0.142 e. The predicted octanol–water partition coefficient (Wildman–Crippen LogP) is 3.54. The Kier molecular flexibility index (Phi) is 3.35. The maximum atomic E-state index is 9.03. The van der Waals surface area contributed by atoms with Crippen LogP contribution in [0.5, 0.6) is 0 Å². The van der Waals surface area contributed by atoms with E-state index in [4.69, 9.17) is 15.0 Å². The fourth-order valence-electron chi connectivity index (χ4n) is 2.32. The van der Waals surface area contributed by atoms with Gasteiger partial charge in [0.2, 0.25) is 0 Å². The van der Waals surface area contributed by atoms with Crippen molar-refractivity contribution >= 4 is 11.0 Å². The highest BCUT2D eigenvalue weighted by atomic mass is 16.5. The second kappa shape index (κ2) is 4.60. The van der Waals surface area contributed by atoms with Crippen LogP contribution >= 0.6 is 0 Å². The third-order valence-electron chi connectivity index (χ3n) is 3.50. The molecule has 0 radical (unpaired) electrons. The number of aromatic nitrogens is 2. The van der Waals surface area contributed by atoms with E-state index < -0.39 is 5.60 Å². The zero-order valence-electron chi connectivity index (χ0n) is 13.0. The van der Waals surface area contributed by atoms with Crippen molar-refractivity contribution < 1.29 is 4.74 Å². The van der Waals surface area contributed by atoms with E-state index in [1.54, 1.807) is 7.11 Å². The Morgan fingerprint density at radius 3 is 2.35 bits per heavy atom. The Labute approximate surface area is 120 Å². The van der Waals surface area contributed by atoms with Crippen molar-refractivity contribution in [2.24, 2.45) is 0 Å². The van der Waals surface area contributed by atoms with E-state index in [9.17, 15) is 0 Å². The van der Waals surface area contributed by atoms with Gasteiger partial charge in [-0.15, -0.1) is 0 Å². The van der Waals surface area contributed by atoms with Gasteiger partial charge in [-0.25, -0.2) is 4.98 Å². The SMILES string of the molecule is COC(C)(C)c1nc2cc(C#N)ccc2n1C(C)(C)C. The monoisotopic (exact) mass is 271 g/mol. The van der Waals surface area contributed by atoms with Gasteiger partial charge in [0.1, 0.15) is 11.4 Å². The summed E-state index contributed by atoms with van der Waals surface area (Å²) < 4.78 is 7.78. The summed E-state index contributed by atoms with van der Waals surface area (Å²) in [6.07, 6.45) is 0. The summed E-state index contributed by atoms with van der Waals surface area (Å²) in [5.74, 6) is 0.873. The number of nitriles is 1. The van der Waals surface area contributed by atoms with Crippen LogP contribution in [-0.2, 0) is 15.9 Å². The molecule has 1 heterocycles. The fraction of sp³-hybridized carbons (Fsp3) is 0.500. The van der Waals surface area contributed by atoms with Crippen LogP contribution in [0.4, 0.5) is 0 Å². The summed E-state index contributed by atoms with van der Waals surface area (Å²) in [6, 6.07) is 7.77. The van der Waals surface area contributed by atoms with E-state index >= 15 is 0 Å². The summed E-state index contributed by atoms with van der Waals surface area (Å²) in [6.45, 7) is 10.4. The zero-order valence-corrected chi connectivity index (χ0v) is 13.0. The molecule has 1 aromatic carbocycles. The first-order chi connectivity index (χ1) is 9.20. The Hall–Kier alpha value is -1.86. The first-order valence-corrected chi connectivity index (χ1v) is 6.69. The maximum Gasteiger partial charge on any atom is 0.142 e. The van der Waals surface area contributed by atoms with Gasteiger partial charge in [-0.2, -0.15) is 5.26 Å². The summed E-state index contributed by atoms with van der Waals surface area (Å²) in [5, 5.41) is 9.03. The molecule has 2 aromatic rings. The van der Waals surface area contributed by atoms with Crippen molar-refractivity contribution in [1.29, 1.82) is 5.26 Å². The summed E-state index contributed by atoms with van der Waals surface area (Å²) in [7, 11) is 1.69. The number of hydrogen-bond acceptors (Lipinski definition) is 3. The lowest BCUT2D eigenvalue weighted by atomic mass is 10.0. The summed E-state index contributed by atoms with van der Waals surface area (Å²) in [4.78, 5) is 4.72. The second-order valence-corrected chi connectivity index (χ2v) is 6.47.